The highest BCUT2D eigenvalue weighted by molar-refractivity contribution is 5.79. The third-order valence-corrected chi connectivity index (χ3v) is 4.06. The summed E-state index contributed by atoms with van der Waals surface area (Å²) in [5, 5.41) is 28.4. The predicted octanol–water partition coefficient (Wildman–Crippen LogP) is 1.57. The van der Waals surface area contributed by atoms with Crippen LogP contribution in [0.25, 0.3) is 0 Å². The van der Waals surface area contributed by atoms with Crippen molar-refractivity contribution in [1.82, 2.24) is 4.90 Å². The average molecular weight is 295 g/mol. The van der Waals surface area contributed by atoms with Crippen molar-refractivity contribution < 1.29 is 29.6 Å². The highest BCUT2D eigenvalue weighted by Crippen LogP contribution is 2.44. The fraction of sp³-hybridized carbons (Fsp3) is 0.429. The van der Waals surface area contributed by atoms with E-state index < -0.39 is 23.4 Å². The first-order chi connectivity index (χ1) is 9.79. The smallest absolute Gasteiger partial charge is 0.407 e. The predicted molar refractivity (Wildman–Crippen MR) is 72.7 cm³/mol. The van der Waals surface area contributed by atoms with Crippen molar-refractivity contribution in [3.63, 3.8) is 0 Å². The van der Waals surface area contributed by atoms with Gasteiger partial charge in [-0.25, -0.2) is 4.79 Å². The topological polar surface area (TPSA) is 107 Å². The first-order valence-electron chi connectivity index (χ1n) is 6.37. The van der Waals surface area contributed by atoms with Crippen molar-refractivity contribution in [2.75, 3.05) is 20.2 Å². The minimum Gasteiger partial charge on any atom is -0.504 e. The summed E-state index contributed by atoms with van der Waals surface area (Å²) in [6.45, 7) is 1.50. The summed E-state index contributed by atoms with van der Waals surface area (Å²) in [5.74, 6) is -1.42. The molecule has 1 fully saturated rings. The largest absolute Gasteiger partial charge is 0.504 e. The van der Waals surface area contributed by atoms with Gasteiger partial charge in [0.15, 0.2) is 11.5 Å². The van der Waals surface area contributed by atoms with Gasteiger partial charge in [-0.15, -0.1) is 0 Å². The number of likely N-dealkylation sites (tertiary alicyclic amines) is 1. The molecule has 7 nitrogen and oxygen atoms in total. The number of carboxylic acid groups (broad SMARTS) is 2. The molecule has 7 heteroatoms. The number of aromatic hydroxyl groups is 1. The van der Waals surface area contributed by atoms with E-state index in [0.717, 1.165) is 4.90 Å². The SMILES string of the molecule is COc1ccc(C2CN(C(=O)O)CC2(C)C(=O)O)cc1O. The van der Waals surface area contributed by atoms with Crippen molar-refractivity contribution in [3.05, 3.63) is 23.8 Å². The van der Waals surface area contributed by atoms with Crippen LogP contribution in [0.5, 0.6) is 11.5 Å². The highest BCUT2D eigenvalue weighted by Gasteiger charge is 2.51. The Labute approximate surface area is 121 Å². The van der Waals surface area contributed by atoms with Crippen LogP contribution in [0.15, 0.2) is 18.2 Å². The van der Waals surface area contributed by atoms with Crippen LogP contribution in [0.2, 0.25) is 0 Å². The van der Waals surface area contributed by atoms with Crippen molar-refractivity contribution >= 4 is 12.1 Å². The molecule has 114 valence electrons. The maximum absolute atomic E-state index is 11.6. The van der Waals surface area contributed by atoms with Crippen LogP contribution in [-0.4, -0.2) is 52.5 Å². The fourth-order valence-electron chi connectivity index (χ4n) is 2.75. The number of methoxy groups -OCH3 is 1. The number of phenolic OH excluding ortho intramolecular Hbond substituents is 1. The minimum absolute atomic E-state index is 0.0733. The lowest BCUT2D eigenvalue weighted by Gasteiger charge is -2.25. The van der Waals surface area contributed by atoms with Crippen LogP contribution in [0.3, 0.4) is 0 Å². The standard InChI is InChI=1S/C14H17NO6/c1-14(12(17)18)7-15(13(19)20)6-9(14)8-3-4-11(21-2)10(16)5-8/h3-5,9,16H,6-7H2,1-2H3,(H,17,18)(H,19,20). The molecule has 2 unspecified atom stereocenters. The first-order valence-corrected chi connectivity index (χ1v) is 6.37. The average Bonchev–Trinajstić information content (AvgIpc) is 2.78. The third-order valence-electron chi connectivity index (χ3n) is 4.06. The zero-order chi connectivity index (χ0) is 15.8. The van der Waals surface area contributed by atoms with E-state index in [1.807, 2.05) is 0 Å². The molecular formula is C14H17NO6. The minimum atomic E-state index is -1.24. The Morgan fingerprint density at radius 1 is 1.38 bits per heavy atom. The number of rotatable bonds is 3. The van der Waals surface area contributed by atoms with Crippen molar-refractivity contribution in [2.24, 2.45) is 5.41 Å². The number of carbonyl (C=O) groups is 2. The van der Waals surface area contributed by atoms with E-state index in [4.69, 9.17) is 9.84 Å². The molecule has 1 aliphatic heterocycles. The molecule has 1 saturated heterocycles. The zero-order valence-corrected chi connectivity index (χ0v) is 11.7. The van der Waals surface area contributed by atoms with Gasteiger partial charge >= 0.3 is 12.1 Å². The lowest BCUT2D eigenvalue weighted by Crippen LogP contribution is -2.36. The molecule has 2 rings (SSSR count). The zero-order valence-electron chi connectivity index (χ0n) is 11.7. The molecular weight excluding hydrogens is 278 g/mol. The molecule has 0 saturated carbocycles. The second kappa shape index (κ2) is 5.16. The number of benzene rings is 1. The Kier molecular flexibility index (Phi) is 3.67. The van der Waals surface area contributed by atoms with Gasteiger partial charge in [0, 0.05) is 19.0 Å². The molecule has 21 heavy (non-hydrogen) atoms. The van der Waals surface area contributed by atoms with E-state index in [-0.39, 0.29) is 24.6 Å². The van der Waals surface area contributed by atoms with Gasteiger partial charge in [-0.3, -0.25) is 4.79 Å². The summed E-state index contributed by atoms with van der Waals surface area (Å²) in [5.41, 5.74) is -0.665. The van der Waals surface area contributed by atoms with Gasteiger partial charge in [-0.1, -0.05) is 6.07 Å². The molecule has 1 aromatic carbocycles. The molecule has 1 aromatic rings. The van der Waals surface area contributed by atoms with E-state index in [9.17, 15) is 19.8 Å². The van der Waals surface area contributed by atoms with E-state index >= 15 is 0 Å². The lowest BCUT2D eigenvalue weighted by atomic mass is 9.76. The van der Waals surface area contributed by atoms with Crippen LogP contribution in [0, 0.1) is 5.41 Å². The number of ether oxygens (including phenoxy) is 1. The number of amides is 1. The molecule has 1 aliphatic rings. The Morgan fingerprint density at radius 2 is 2.05 bits per heavy atom. The number of aliphatic carboxylic acids is 1. The molecule has 0 spiro atoms. The first kappa shape index (κ1) is 15.0. The maximum atomic E-state index is 11.6. The molecule has 0 aromatic heterocycles. The van der Waals surface area contributed by atoms with Crippen molar-refractivity contribution in [1.29, 1.82) is 0 Å². The van der Waals surface area contributed by atoms with E-state index in [0.29, 0.717) is 5.56 Å². The van der Waals surface area contributed by atoms with Crippen LogP contribution >= 0.6 is 0 Å². The highest BCUT2D eigenvalue weighted by atomic mass is 16.5. The number of nitrogens with zero attached hydrogens (tertiary/aromatic N) is 1. The molecule has 0 radical (unpaired) electrons. The van der Waals surface area contributed by atoms with Crippen molar-refractivity contribution in [2.45, 2.75) is 12.8 Å². The number of hydrogen-bond donors (Lipinski definition) is 3. The fourth-order valence-corrected chi connectivity index (χ4v) is 2.75. The van der Waals surface area contributed by atoms with Gasteiger partial charge in [0.2, 0.25) is 0 Å². The van der Waals surface area contributed by atoms with Gasteiger partial charge < -0.3 is 25.0 Å². The van der Waals surface area contributed by atoms with Crippen LogP contribution in [0.1, 0.15) is 18.4 Å². The van der Waals surface area contributed by atoms with Gasteiger partial charge in [0.1, 0.15) is 0 Å². The third kappa shape index (κ3) is 2.46. The number of carboxylic acids is 1. The summed E-state index contributed by atoms with van der Waals surface area (Å²) in [6.07, 6.45) is -1.15. The molecule has 2 atom stereocenters. The summed E-state index contributed by atoms with van der Waals surface area (Å²) < 4.78 is 4.95. The Balaban J connectivity index is 2.42. The van der Waals surface area contributed by atoms with Gasteiger partial charge in [0.25, 0.3) is 0 Å². The summed E-state index contributed by atoms with van der Waals surface area (Å²) in [6, 6.07) is 4.61. The van der Waals surface area contributed by atoms with E-state index in [1.165, 1.54) is 26.2 Å². The maximum Gasteiger partial charge on any atom is 0.407 e. The Bertz CT molecular complexity index is 587. The van der Waals surface area contributed by atoms with Gasteiger partial charge in [-0.05, 0) is 24.6 Å². The summed E-state index contributed by atoms with van der Waals surface area (Å²) >= 11 is 0. The van der Waals surface area contributed by atoms with E-state index in [1.54, 1.807) is 6.07 Å². The molecule has 0 bridgehead atoms. The quantitative estimate of drug-likeness (QED) is 0.781. The molecule has 1 heterocycles. The number of phenols is 1. The summed E-state index contributed by atoms with van der Waals surface area (Å²) in [4.78, 5) is 23.8. The van der Waals surface area contributed by atoms with Crippen LogP contribution in [0.4, 0.5) is 4.79 Å². The Morgan fingerprint density at radius 3 is 2.52 bits per heavy atom. The van der Waals surface area contributed by atoms with Gasteiger partial charge in [-0.2, -0.15) is 0 Å². The van der Waals surface area contributed by atoms with E-state index in [2.05, 4.69) is 0 Å². The van der Waals surface area contributed by atoms with Crippen LogP contribution in [-0.2, 0) is 4.79 Å². The van der Waals surface area contributed by atoms with Gasteiger partial charge in [0.05, 0.1) is 12.5 Å². The normalized spacial score (nSPS) is 24.9. The molecule has 3 N–H and O–H groups in total. The second-order valence-corrected chi connectivity index (χ2v) is 5.37. The van der Waals surface area contributed by atoms with Crippen LogP contribution < -0.4 is 4.74 Å². The number of hydrogen-bond acceptors (Lipinski definition) is 4. The lowest BCUT2D eigenvalue weighted by molar-refractivity contribution is -0.147. The monoisotopic (exact) mass is 295 g/mol. The second-order valence-electron chi connectivity index (χ2n) is 5.37. The Hall–Kier alpha value is -2.44. The van der Waals surface area contributed by atoms with Crippen molar-refractivity contribution in [3.8, 4) is 11.5 Å². The summed E-state index contributed by atoms with van der Waals surface area (Å²) in [7, 11) is 1.41. The molecule has 1 amide bonds. The molecule has 0 aliphatic carbocycles.